The SMILES string of the molecule is N#Cc1cccc(NC2=NC3CCCCC3CS2)c1. The van der Waals surface area contributed by atoms with E-state index in [9.17, 15) is 0 Å². The quantitative estimate of drug-likeness (QED) is 0.848. The molecule has 1 aromatic rings. The summed E-state index contributed by atoms with van der Waals surface area (Å²) in [6.45, 7) is 0. The average molecular weight is 271 g/mol. The lowest BCUT2D eigenvalue weighted by molar-refractivity contribution is 0.336. The third-order valence-electron chi connectivity index (χ3n) is 3.83. The van der Waals surface area contributed by atoms with Crippen LogP contribution in [0, 0.1) is 17.2 Å². The van der Waals surface area contributed by atoms with Crippen LogP contribution in [0.4, 0.5) is 5.69 Å². The Kier molecular flexibility index (Phi) is 3.74. The molecule has 1 heterocycles. The second kappa shape index (κ2) is 5.66. The zero-order valence-electron chi connectivity index (χ0n) is 10.8. The number of thioether (sulfide) groups is 1. The first-order chi connectivity index (χ1) is 9.35. The molecule has 3 rings (SSSR count). The van der Waals surface area contributed by atoms with Crippen LogP contribution in [0.25, 0.3) is 0 Å². The summed E-state index contributed by atoms with van der Waals surface area (Å²) in [6.07, 6.45) is 5.24. The Balaban J connectivity index is 1.72. The fraction of sp³-hybridized carbons (Fsp3) is 0.467. The van der Waals surface area contributed by atoms with E-state index >= 15 is 0 Å². The third kappa shape index (κ3) is 2.93. The number of aliphatic imine (C=N–C) groups is 1. The molecule has 1 aliphatic heterocycles. The minimum Gasteiger partial charge on any atom is -0.335 e. The molecular formula is C15H17N3S. The number of nitriles is 1. The maximum Gasteiger partial charge on any atom is 0.161 e. The topological polar surface area (TPSA) is 48.2 Å². The normalized spacial score (nSPS) is 25.9. The molecule has 1 fully saturated rings. The van der Waals surface area contributed by atoms with Crippen LogP contribution in [0.5, 0.6) is 0 Å². The van der Waals surface area contributed by atoms with Crippen molar-refractivity contribution in [3.8, 4) is 6.07 Å². The highest BCUT2D eigenvalue weighted by Gasteiger charge is 2.29. The van der Waals surface area contributed by atoms with Crippen LogP contribution in [0.2, 0.25) is 0 Å². The van der Waals surface area contributed by atoms with Crippen LogP contribution < -0.4 is 5.32 Å². The molecule has 0 aromatic heterocycles. The molecule has 1 aromatic carbocycles. The van der Waals surface area contributed by atoms with E-state index in [-0.39, 0.29) is 0 Å². The lowest BCUT2D eigenvalue weighted by atomic mass is 9.86. The van der Waals surface area contributed by atoms with Crippen LogP contribution in [0.1, 0.15) is 31.2 Å². The summed E-state index contributed by atoms with van der Waals surface area (Å²) in [5, 5.41) is 13.3. The van der Waals surface area contributed by atoms with Gasteiger partial charge in [-0.05, 0) is 37.0 Å². The first-order valence-electron chi connectivity index (χ1n) is 6.83. The van der Waals surface area contributed by atoms with Gasteiger partial charge in [0.2, 0.25) is 0 Å². The molecule has 3 nitrogen and oxygen atoms in total. The van der Waals surface area contributed by atoms with Gasteiger partial charge >= 0.3 is 0 Å². The van der Waals surface area contributed by atoms with Crippen LogP contribution in [-0.2, 0) is 0 Å². The summed E-state index contributed by atoms with van der Waals surface area (Å²) in [7, 11) is 0. The summed E-state index contributed by atoms with van der Waals surface area (Å²) in [6, 6.07) is 10.2. The Hall–Kier alpha value is -1.47. The fourth-order valence-electron chi connectivity index (χ4n) is 2.78. The van der Waals surface area contributed by atoms with Crippen molar-refractivity contribution in [2.45, 2.75) is 31.7 Å². The van der Waals surface area contributed by atoms with Crippen molar-refractivity contribution in [3.05, 3.63) is 29.8 Å². The molecule has 0 spiro atoms. The number of hydrogen-bond donors (Lipinski definition) is 1. The molecule has 0 amide bonds. The summed E-state index contributed by atoms with van der Waals surface area (Å²) in [4.78, 5) is 4.84. The molecular weight excluding hydrogens is 254 g/mol. The van der Waals surface area contributed by atoms with Crippen LogP contribution in [-0.4, -0.2) is 17.0 Å². The van der Waals surface area contributed by atoms with Gasteiger partial charge in [-0.1, -0.05) is 30.7 Å². The molecule has 19 heavy (non-hydrogen) atoms. The highest BCUT2D eigenvalue weighted by Crippen LogP contribution is 2.34. The molecule has 4 heteroatoms. The highest BCUT2D eigenvalue weighted by molar-refractivity contribution is 8.14. The molecule has 1 saturated carbocycles. The maximum atomic E-state index is 8.91. The van der Waals surface area contributed by atoms with E-state index in [1.54, 1.807) is 0 Å². The van der Waals surface area contributed by atoms with Gasteiger partial charge in [0.15, 0.2) is 5.17 Å². The van der Waals surface area contributed by atoms with Gasteiger partial charge in [-0.3, -0.25) is 4.99 Å². The monoisotopic (exact) mass is 271 g/mol. The van der Waals surface area contributed by atoms with E-state index in [0.717, 1.165) is 16.8 Å². The lowest BCUT2D eigenvalue weighted by Gasteiger charge is -2.32. The number of rotatable bonds is 1. The van der Waals surface area contributed by atoms with Crippen molar-refractivity contribution in [3.63, 3.8) is 0 Å². The van der Waals surface area contributed by atoms with Crippen molar-refractivity contribution in [2.75, 3.05) is 11.1 Å². The summed E-state index contributed by atoms with van der Waals surface area (Å²) < 4.78 is 0. The van der Waals surface area contributed by atoms with Crippen LogP contribution in [0.3, 0.4) is 0 Å². The van der Waals surface area contributed by atoms with E-state index in [0.29, 0.717) is 11.6 Å². The number of amidine groups is 1. The summed E-state index contributed by atoms with van der Waals surface area (Å²) in [5.41, 5.74) is 1.64. The first kappa shape index (κ1) is 12.6. The van der Waals surface area contributed by atoms with E-state index < -0.39 is 0 Å². The van der Waals surface area contributed by atoms with Gasteiger partial charge in [-0.25, -0.2) is 0 Å². The largest absolute Gasteiger partial charge is 0.335 e. The maximum absolute atomic E-state index is 8.91. The Morgan fingerprint density at radius 2 is 2.21 bits per heavy atom. The molecule has 1 N–H and O–H groups in total. The second-order valence-electron chi connectivity index (χ2n) is 5.17. The smallest absolute Gasteiger partial charge is 0.161 e. The van der Waals surface area contributed by atoms with Crippen LogP contribution >= 0.6 is 11.8 Å². The standard InChI is InChI=1S/C15H17N3S/c16-9-11-4-3-6-13(8-11)17-15-18-14-7-2-1-5-12(14)10-19-15/h3-4,6,8,12,14H,1-2,5,7,10H2,(H,17,18). The number of hydrogen-bond acceptors (Lipinski definition) is 4. The minimum absolute atomic E-state index is 0.511. The number of anilines is 1. The molecule has 0 saturated heterocycles. The highest BCUT2D eigenvalue weighted by atomic mass is 32.2. The zero-order valence-corrected chi connectivity index (χ0v) is 11.6. The molecule has 2 atom stereocenters. The average Bonchev–Trinajstić information content (AvgIpc) is 2.47. The Morgan fingerprint density at radius 3 is 3.11 bits per heavy atom. The Bertz CT molecular complexity index is 532. The van der Waals surface area contributed by atoms with E-state index in [2.05, 4.69) is 11.4 Å². The first-order valence-corrected chi connectivity index (χ1v) is 7.81. The molecule has 98 valence electrons. The zero-order chi connectivity index (χ0) is 13.1. The number of nitrogens with one attached hydrogen (secondary N) is 1. The minimum atomic E-state index is 0.511. The number of nitrogens with zero attached hydrogens (tertiary/aromatic N) is 2. The number of fused-ring (bicyclic) bond motifs is 1. The summed E-state index contributed by atoms with van der Waals surface area (Å²) >= 11 is 1.81. The van der Waals surface area contributed by atoms with Gasteiger partial charge in [0.25, 0.3) is 0 Å². The van der Waals surface area contributed by atoms with Gasteiger partial charge in [0.05, 0.1) is 17.7 Å². The Morgan fingerprint density at radius 1 is 1.32 bits per heavy atom. The molecule has 1 aliphatic carbocycles. The van der Waals surface area contributed by atoms with E-state index in [1.807, 2.05) is 36.0 Å². The third-order valence-corrected chi connectivity index (χ3v) is 4.90. The van der Waals surface area contributed by atoms with Gasteiger partial charge < -0.3 is 5.32 Å². The molecule has 2 aliphatic rings. The van der Waals surface area contributed by atoms with Crippen LogP contribution in [0.15, 0.2) is 29.3 Å². The van der Waals surface area contributed by atoms with Crippen molar-refractivity contribution in [1.29, 1.82) is 5.26 Å². The molecule has 0 radical (unpaired) electrons. The number of benzene rings is 1. The van der Waals surface area contributed by atoms with Gasteiger partial charge in [-0.2, -0.15) is 5.26 Å². The van der Waals surface area contributed by atoms with Crippen molar-refractivity contribution >= 4 is 22.6 Å². The van der Waals surface area contributed by atoms with Gasteiger partial charge in [-0.15, -0.1) is 0 Å². The predicted molar refractivity (Wildman–Crippen MR) is 80.4 cm³/mol. The second-order valence-corrected chi connectivity index (χ2v) is 6.18. The van der Waals surface area contributed by atoms with Gasteiger partial charge in [0, 0.05) is 11.4 Å². The van der Waals surface area contributed by atoms with Gasteiger partial charge in [0.1, 0.15) is 0 Å². The van der Waals surface area contributed by atoms with E-state index in [4.69, 9.17) is 10.3 Å². The molecule has 0 bridgehead atoms. The lowest BCUT2D eigenvalue weighted by Crippen LogP contribution is -2.31. The predicted octanol–water partition coefficient (Wildman–Crippen LogP) is 3.63. The van der Waals surface area contributed by atoms with Crippen molar-refractivity contribution in [1.82, 2.24) is 0 Å². The van der Waals surface area contributed by atoms with Crippen molar-refractivity contribution in [2.24, 2.45) is 10.9 Å². The van der Waals surface area contributed by atoms with Crippen molar-refractivity contribution < 1.29 is 0 Å². The summed E-state index contributed by atoms with van der Waals surface area (Å²) in [5.74, 6) is 1.95. The fourth-order valence-corrected chi connectivity index (χ4v) is 3.95. The van der Waals surface area contributed by atoms with E-state index in [1.165, 1.54) is 31.4 Å². The molecule has 2 unspecified atom stereocenters. The Labute approximate surface area is 118 Å².